The van der Waals surface area contributed by atoms with Crippen molar-refractivity contribution in [1.82, 2.24) is 4.57 Å². The molecule has 140 valence electrons. The van der Waals surface area contributed by atoms with E-state index >= 15 is 0 Å². The fourth-order valence-electron chi connectivity index (χ4n) is 2.60. The zero-order valence-corrected chi connectivity index (χ0v) is 13.5. The molecule has 0 aliphatic heterocycles. The third-order valence-corrected chi connectivity index (χ3v) is 3.83. The molecule has 0 fully saturated rings. The number of alkyl halides is 6. The first-order valence-corrected chi connectivity index (χ1v) is 7.27. The number of allylic oxidation sites excluding steroid dienone is 1. The van der Waals surface area contributed by atoms with Crippen LogP contribution in [-0.2, 0) is 18.9 Å². The molecule has 9 heteroatoms. The van der Waals surface area contributed by atoms with Gasteiger partial charge in [-0.3, -0.25) is 4.79 Å². The molecule has 1 heterocycles. The van der Waals surface area contributed by atoms with Gasteiger partial charge in [0.2, 0.25) is 0 Å². The molecule has 1 aromatic carbocycles. The zero-order valence-electron chi connectivity index (χ0n) is 13.5. The molecule has 0 atom stereocenters. The summed E-state index contributed by atoms with van der Waals surface area (Å²) in [4.78, 5) is 11.5. The van der Waals surface area contributed by atoms with Crippen molar-refractivity contribution in [2.75, 3.05) is 0 Å². The van der Waals surface area contributed by atoms with Crippen LogP contribution in [0.1, 0.15) is 27.2 Å². The van der Waals surface area contributed by atoms with Gasteiger partial charge in [-0.2, -0.15) is 26.3 Å². The molecular formula is C17H14F6N2O. The zero-order chi connectivity index (χ0) is 19.9. The summed E-state index contributed by atoms with van der Waals surface area (Å²) in [5, 5.41) is 0. The van der Waals surface area contributed by atoms with E-state index in [1.165, 1.54) is 23.6 Å². The standard InChI is InChI=1S/C17H14F6N2O/c1-3-4-25-9(2)13(15(24)26)8-14(25)10-5-11(16(18,19)20)7-12(6-10)17(21,22)23/h3,5-8H,1,4H2,2H3,(H2,24,26). The quantitative estimate of drug-likeness (QED) is 0.606. The maximum Gasteiger partial charge on any atom is 0.416 e. The molecule has 1 amide bonds. The summed E-state index contributed by atoms with van der Waals surface area (Å²) < 4.78 is 79.7. The first-order chi connectivity index (χ1) is 11.9. The number of nitrogens with zero attached hydrogens (tertiary/aromatic N) is 1. The third-order valence-electron chi connectivity index (χ3n) is 3.83. The van der Waals surface area contributed by atoms with Gasteiger partial charge in [-0.15, -0.1) is 6.58 Å². The summed E-state index contributed by atoms with van der Waals surface area (Å²) >= 11 is 0. The third kappa shape index (κ3) is 3.76. The fraction of sp³-hybridized carbons (Fsp3) is 0.235. The lowest BCUT2D eigenvalue weighted by Gasteiger charge is -2.16. The maximum atomic E-state index is 13.0. The van der Waals surface area contributed by atoms with Gasteiger partial charge >= 0.3 is 12.4 Å². The fourth-order valence-corrected chi connectivity index (χ4v) is 2.60. The van der Waals surface area contributed by atoms with Crippen LogP contribution in [0.4, 0.5) is 26.3 Å². The van der Waals surface area contributed by atoms with Crippen LogP contribution in [0.2, 0.25) is 0 Å². The van der Waals surface area contributed by atoms with E-state index in [0.717, 1.165) is 0 Å². The number of halogens is 6. The molecule has 2 rings (SSSR count). The van der Waals surface area contributed by atoms with Gasteiger partial charge in [0.15, 0.2) is 0 Å². The van der Waals surface area contributed by atoms with Crippen molar-refractivity contribution in [2.45, 2.75) is 25.8 Å². The first kappa shape index (κ1) is 19.6. The number of carbonyl (C=O) groups excluding carboxylic acids is 1. The molecular weight excluding hydrogens is 362 g/mol. The molecule has 0 aliphatic carbocycles. The van der Waals surface area contributed by atoms with E-state index in [4.69, 9.17) is 5.73 Å². The van der Waals surface area contributed by atoms with Gasteiger partial charge in [0, 0.05) is 17.9 Å². The van der Waals surface area contributed by atoms with Crippen LogP contribution in [0.5, 0.6) is 0 Å². The molecule has 0 aliphatic rings. The van der Waals surface area contributed by atoms with E-state index in [-0.39, 0.29) is 29.4 Å². The number of amides is 1. The average molecular weight is 376 g/mol. The van der Waals surface area contributed by atoms with E-state index in [1.807, 2.05) is 0 Å². The molecule has 0 radical (unpaired) electrons. The number of benzene rings is 1. The predicted molar refractivity (Wildman–Crippen MR) is 83.3 cm³/mol. The van der Waals surface area contributed by atoms with Crippen LogP contribution < -0.4 is 5.73 Å². The second kappa shape index (κ2) is 6.54. The highest BCUT2D eigenvalue weighted by Gasteiger charge is 2.37. The average Bonchev–Trinajstić information content (AvgIpc) is 2.83. The Morgan fingerprint density at radius 2 is 1.58 bits per heavy atom. The number of hydrogen-bond acceptors (Lipinski definition) is 1. The molecule has 0 unspecified atom stereocenters. The smallest absolute Gasteiger partial charge is 0.366 e. The van der Waals surface area contributed by atoms with Crippen LogP contribution in [0.15, 0.2) is 36.9 Å². The molecule has 2 N–H and O–H groups in total. The predicted octanol–water partition coefficient (Wildman–Crippen LogP) is 4.79. The van der Waals surface area contributed by atoms with Gasteiger partial charge in [-0.05, 0) is 36.8 Å². The second-order valence-corrected chi connectivity index (χ2v) is 5.59. The Balaban J connectivity index is 2.81. The highest BCUT2D eigenvalue weighted by Crippen LogP contribution is 2.39. The minimum Gasteiger partial charge on any atom is -0.366 e. The van der Waals surface area contributed by atoms with E-state index in [2.05, 4.69) is 6.58 Å². The summed E-state index contributed by atoms with van der Waals surface area (Å²) in [6.07, 6.45) is -8.53. The summed E-state index contributed by atoms with van der Waals surface area (Å²) in [6.45, 7) is 5.07. The first-order valence-electron chi connectivity index (χ1n) is 7.27. The Labute approximate surface area is 144 Å². The number of aromatic nitrogens is 1. The van der Waals surface area contributed by atoms with Gasteiger partial charge < -0.3 is 10.3 Å². The summed E-state index contributed by atoms with van der Waals surface area (Å²) in [7, 11) is 0. The lowest BCUT2D eigenvalue weighted by molar-refractivity contribution is -0.143. The Hall–Kier alpha value is -2.71. The van der Waals surface area contributed by atoms with Crippen molar-refractivity contribution in [3.8, 4) is 11.3 Å². The molecule has 1 aromatic heterocycles. The largest absolute Gasteiger partial charge is 0.416 e. The van der Waals surface area contributed by atoms with Crippen LogP contribution in [0.3, 0.4) is 0 Å². The van der Waals surface area contributed by atoms with Crippen molar-refractivity contribution >= 4 is 5.91 Å². The van der Waals surface area contributed by atoms with Crippen molar-refractivity contribution in [2.24, 2.45) is 5.73 Å². The molecule has 0 saturated carbocycles. The number of carbonyl (C=O) groups is 1. The van der Waals surface area contributed by atoms with Crippen molar-refractivity contribution in [3.63, 3.8) is 0 Å². The van der Waals surface area contributed by atoms with Crippen LogP contribution in [-0.4, -0.2) is 10.5 Å². The number of rotatable bonds is 4. The van der Waals surface area contributed by atoms with Crippen molar-refractivity contribution < 1.29 is 31.1 Å². The monoisotopic (exact) mass is 376 g/mol. The SMILES string of the molecule is C=CCn1c(-c2cc(C(F)(F)F)cc(C(F)(F)F)c2)cc(C(N)=O)c1C. The maximum absolute atomic E-state index is 13.0. The van der Waals surface area contributed by atoms with Gasteiger partial charge in [0.05, 0.1) is 16.7 Å². The van der Waals surface area contributed by atoms with Gasteiger partial charge in [0.25, 0.3) is 5.91 Å². The summed E-state index contributed by atoms with van der Waals surface area (Å²) in [5.41, 5.74) is 2.36. The van der Waals surface area contributed by atoms with Gasteiger partial charge in [-0.1, -0.05) is 6.08 Å². The Morgan fingerprint density at radius 3 is 1.96 bits per heavy atom. The second-order valence-electron chi connectivity index (χ2n) is 5.59. The molecule has 3 nitrogen and oxygen atoms in total. The van der Waals surface area contributed by atoms with Crippen LogP contribution in [0, 0.1) is 6.92 Å². The lowest BCUT2D eigenvalue weighted by atomic mass is 10.0. The molecule has 0 bridgehead atoms. The molecule has 0 spiro atoms. The van der Waals surface area contributed by atoms with Crippen LogP contribution in [0.25, 0.3) is 11.3 Å². The highest BCUT2D eigenvalue weighted by molar-refractivity contribution is 5.95. The summed E-state index contributed by atoms with van der Waals surface area (Å²) in [6, 6.07) is 2.44. The van der Waals surface area contributed by atoms with E-state index in [9.17, 15) is 31.1 Å². The Bertz CT molecular complexity index is 829. The molecule has 26 heavy (non-hydrogen) atoms. The van der Waals surface area contributed by atoms with Gasteiger partial charge in [-0.25, -0.2) is 0 Å². The summed E-state index contributed by atoms with van der Waals surface area (Å²) in [5.74, 6) is -0.838. The Kier molecular flexibility index (Phi) is 4.94. The number of primary amides is 1. The minimum atomic E-state index is -4.96. The molecule has 0 saturated heterocycles. The number of nitrogens with two attached hydrogens (primary N) is 1. The van der Waals surface area contributed by atoms with E-state index in [0.29, 0.717) is 17.8 Å². The normalized spacial score (nSPS) is 12.3. The lowest BCUT2D eigenvalue weighted by Crippen LogP contribution is -2.12. The van der Waals surface area contributed by atoms with Crippen molar-refractivity contribution in [3.05, 3.63) is 59.3 Å². The molecule has 2 aromatic rings. The Morgan fingerprint density at radius 1 is 1.08 bits per heavy atom. The van der Waals surface area contributed by atoms with E-state index < -0.39 is 29.4 Å². The van der Waals surface area contributed by atoms with Crippen LogP contribution >= 0.6 is 0 Å². The highest BCUT2D eigenvalue weighted by atomic mass is 19.4. The minimum absolute atomic E-state index is 0.00722. The topological polar surface area (TPSA) is 48.0 Å². The van der Waals surface area contributed by atoms with Gasteiger partial charge in [0.1, 0.15) is 0 Å². The number of hydrogen-bond donors (Lipinski definition) is 1. The van der Waals surface area contributed by atoms with E-state index in [1.54, 1.807) is 0 Å². The van der Waals surface area contributed by atoms with Crippen molar-refractivity contribution in [1.29, 1.82) is 0 Å².